The van der Waals surface area contributed by atoms with Gasteiger partial charge in [0, 0.05) is 23.9 Å². The number of nitrogens with one attached hydrogen (secondary N) is 3. The first kappa shape index (κ1) is 21.1. The number of halogens is 1. The van der Waals surface area contributed by atoms with Crippen molar-refractivity contribution in [2.45, 2.75) is 57.9 Å². The fraction of sp³-hybridized carbons (Fsp3) is 0.476. The first-order chi connectivity index (χ1) is 15.5. The van der Waals surface area contributed by atoms with Gasteiger partial charge in [-0.3, -0.25) is 9.89 Å². The lowest BCUT2D eigenvalue weighted by Gasteiger charge is -2.24. The fourth-order valence-corrected chi connectivity index (χ4v) is 5.06. The molecule has 0 saturated carbocycles. The van der Waals surface area contributed by atoms with Crippen molar-refractivity contribution in [2.75, 3.05) is 22.1 Å². The molecule has 32 heavy (non-hydrogen) atoms. The van der Waals surface area contributed by atoms with E-state index < -0.39 is 0 Å². The highest BCUT2D eigenvalue weighted by Crippen LogP contribution is 2.33. The summed E-state index contributed by atoms with van der Waals surface area (Å²) in [6.07, 6.45) is 6.08. The number of hydrogen-bond acceptors (Lipinski definition) is 8. The summed E-state index contributed by atoms with van der Waals surface area (Å²) in [5.74, 6) is 2.36. The Morgan fingerprint density at radius 2 is 2.19 bits per heavy atom. The van der Waals surface area contributed by atoms with E-state index in [0.29, 0.717) is 21.3 Å². The highest BCUT2D eigenvalue weighted by Gasteiger charge is 2.34. The molecule has 1 aliphatic heterocycles. The number of fused-ring (bicyclic) bond motifs is 1. The summed E-state index contributed by atoms with van der Waals surface area (Å²) in [5, 5.41) is 14.2. The summed E-state index contributed by atoms with van der Waals surface area (Å²) >= 11 is 7.19. The molecule has 11 heteroatoms. The summed E-state index contributed by atoms with van der Waals surface area (Å²) in [6.45, 7) is 4.97. The lowest BCUT2D eigenvalue weighted by molar-refractivity contribution is -0.117. The van der Waals surface area contributed by atoms with Gasteiger partial charge in [-0.2, -0.15) is 10.1 Å². The number of aromatic nitrogens is 5. The summed E-state index contributed by atoms with van der Waals surface area (Å²) in [5.41, 5.74) is 3.26. The van der Waals surface area contributed by atoms with Crippen LogP contribution in [0.1, 0.15) is 56.0 Å². The molecule has 0 aromatic carbocycles. The topological polar surface area (TPSA) is 112 Å². The van der Waals surface area contributed by atoms with Gasteiger partial charge in [0.05, 0.1) is 11.9 Å². The molecule has 1 fully saturated rings. The largest absolute Gasteiger partial charge is 0.329 e. The van der Waals surface area contributed by atoms with Crippen LogP contribution < -0.4 is 15.5 Å². The molecule has 0 bridgehead atoms. The van der Waals surface area contributed by atoms with Crippen LogP contribution >= 0.6 is 22.9 Å². The number of rotatable bonds is 6. The van der Waals surface area contributed by atoms with E-state index in [4.69, 9.17) is 21.6 Å². The van der Waals surface area contributed by atoms with Crippen molar-refractivity contribution in [3.8, 4) is 0 Å². The quantitative estimate of drug-likeness (QED) is 0.491. The van der Waals surface area contributed by atoms with Gasteiger partial charge in [-0.1, -0.05) is 36.8 Å². The average Bonchev–Trinajstić information content (AvgIpc) is 3.54. The van der Waals surface area contributed by atoms with Crippen LogP contribution in [0.3, 0.4) is 0 Å². The minimum absolute atomic E-state index is 0.110. The Bertz CT molecular complexity index is 1140. The Morgan fingerprint density at radius 1 is 1.31 bits per heavy atom. The Labute approximate surface area is 195 Å². The highest BCUT2D eigenvalue weighted by molar-refractivity contribution is 7.19. The van der Waals surface area contributed by atoms with Crippen molar-refractivity contribution in [3.05, 3.63) is 33.6 Å². The second-order valence-electron chi connectivity index (χ2n) is 8.45. The average molecular weight is 473 g/mol. The number of carbonyl (C=O) groups is 1. The Morgan fingerprint density at radius 3 is 2.94 bits per heavy atom. The highest BCUT2D eigenvalue weighted by atomic mass is 35.5. The molecule has 1 unspecified atom stereocenters. The molecule has 3 N–H and O–H groups in total. The first-order valence-corrected chi connectivity index (χ1v) is 12.1. The van der Waals surface area contributed by atoms with Gasteiger partial charge in [-0.15, -0.1) is 0 Å². The molecule has 3 aromatic rings. The molecule has 1 atom stereocenters. The number of amides is 1. The van der Waals surface area contributed by atoms with Crippen molar-refractivity contribution >= 4 is 51.6 Å². The Hall–Kier alpha value is -2.72. The van der Waals surface area contributed by atoms with Crippen LogP contribution in [0.4, 0.5) is 22.7 Å². The molecule has 4 heterocycles. The second kappa shape index (κ2) is 8.67. The smallest absolute Gasteiger partial charge is 0.248 e. The van der Waals surface area contributed by atoms with E-state index >= 15 is 0 Å². The fourth-order valence-electron chi connectivity index (χ4n) is 4.25. The number of aromatic amines is 1. The number of H-pyrrole nitrogens is 1. The van der Waals surface area contributed by atoms with Gasteiger partial charge in [0.15, 0.2) is 10.9 Å². The van der Waals surface area contributed by atoms with Crippen molar-refractivity contribution in [3.63, 3.8) is 0 Å². The zero-order valence-electron chi connectivity index (χ0n) is 18.0. The minimum Gasteiger partial charge on any atom is -0.329 e. The van der Waals surface area contributed by atoms with Crippen LogP contribution in [0.5, 0.6) is 0 Å². The zero-order valence-corrected chi connectivity index (χ0v) is 19.6. The molecule has 1 amide bonds. The Balaban J connectivity index is 1.41. The molecule has 9 nitrogen and oxygen atoms in total. The van der Waals surface area contributed by atoms with Crippen molar-refractivity contribution in [1.82, 2.24) is 25.1 Å². The SMILES string of the molecule is CC(C)c1cc(Nc2nc(N3CCCC3C(=O)Nc3ncc(Cl)s3)nc3c2CCC3)n[nH]1. The summed E-state index contributed by atoms with van der Waals surface area (Å²) in [7, 11) is 0. The van der Waals surface area contributed by atoms with Crippen molar-refractivity contribution < 1.29 is 4.79 Å². The molecule has 3 aromatic heterocycles. The third kappa shape index (κ3) is 4.16. The minimum atomic E-state index is -0.345. The number of aryl methyl sites for hydroxylation is 1. The summed E-state index contributed by atoms with van der Waals surface area (Å²) in [4.78, 5) is 28.8. The van der Waals surface area contributed by atoms with Crippen molar-refractivity contribution in [1.29, 1.82) is 0 Å². The normalized spacial score (nSPS) is 17.8. The Kier molecular flexibility index (Phi) is 5.73. The maximum atomic E-state index is 13.0. The van der Waals surface area contributed by atoms with Gasteiger partial charge in [0.1, 0.15) is 16.2 Å². The van der Waals surface area contributed by atoms with Gasteiger partial charge in [0.2, 0.25) is 11.9 Å². The second-order valence-corrected chi connectivity index (χ2v) is 10.1. The van der Waals surface area contributed by atoms with E-state index in [-0.39, 0.29) is 11.9 Å². The van der Waals surface area contributed by atoms with Crippen LogP contribution in [0.15, 0.2) is 12.3 Å². The number of hydrogen-bond donors (Lipinski definition) is 3. The van der Waals surface area contributed by atoms with Crippen LogP contribution in [0.25, 0.3) is 0 Å². The zero-order chi connectivity index (χ0) is 22.2. The summed E-state index contributed by atoms with van der Waals surface area (Å²) in [6, 6.07) is 1.67. The maximum absolute atomic E-state index is 13.0. The lowest BCUT2D eigenvalue weighted by atomic mass is 10.1. The van der Waals surface area contributed by atoms with Gasteiger partial charge < -0.3 is 15.5 Å². The van der Waals surface area contributed by atoms with E-state index in [9.17, 15) is 4.79 Å². The van der Waals surface area contributed by atoms with Crippen LogP contribution in [-0.4, -0.2) is 43.6 Å². The van der Waals surface area contributed by atoms with E-state index in [1.807, 2.05) is 11.0 Å². The molecule has 1 saturated heterocycles. The van der Waals surface area contributed by atoms with E-state index in [0.717, 1.165) is 67.2 Å². The predicted octanol–water partition coefficient (Wildman–Crippen LogP) is 4.27. The van der Waals surface area contributed by atoms with Crippen LogP contribution in [-0.2, 0) is 17.6 Å². The third-order valence-corrected chi connectivity index (χ3v) is 6.94. The monoisotopic (exact) mass is 472 g/mol. The van der Waals surface area contributed by atoms with Crippen LogP contribution in [0, 0.1) is 0 Å². The molecular weight excluding hydrogens is 448 g/mol. The van der Waals surface area contributed by atoms with Crippen molar-refractivity contribution in [2.24, 2.45) is 0 Å². The standard InChI is InChI=1S/C21H25ClN8OS/c1-11(2)14-9-17(29-28-14)25-18-12-5-3-6-13(12)24-20(26-18)30-8-4-7-15(30)19(31)27-21-23-10-16(22)32-21/h9-11,15H,3-8H2,1-2H3,(H,23,27,31)(H2,24,25,26,28,29). The molecule has 0 spiro atoms. The van der Waals surface area contributed by atoms with E-state index in [1.165, 1.54) is 17.5 Å². The lowest BCUT2D eigenvalue weighted by Crippen LogP contribution is -2.40. The number of carbonyl (C=O) groups excluding carboxylic acids is 1. The molecule has 168 valence electrons. The summed E-state index contributed by atoms with van der Waals surface area (Å²) < 4.78 is 0.542. The van der Waals surface area contributed by atoms with Crippen LogP contribution in [0.2, 0.25) is 4.34 Å². The molecule has 0 radical (unpaired) electrons. The molecular formula is C21H25ClN8OS. The first-order valence-electron chi connectivity index (χ1n) is 10.9. The van der Waals surface area contributed by atoms with Gasteiger partial charge >= 0.3 is 0 Å². The maximum Gasteiger partial charge on any atom is 0.248 e. The number of thiazole rings is 1. The number of nitrogens with zero attached hydrogens (tertiary/aromatic N) is 5. The van der Waals surface area contributed by atoms with Gasteiger partial charge in [-0.25, -0.2) is 9.97 Å². The predicted molar refractivity (Wildman–Crippen MR) is 126 cm³/mol. The molecule has 2 aliphatic rings. The van der Waals surface area contributed by atoms with Gasteiger partial charge in [-0.05, 0) is 38.0 Å². The molecule has 1 aliphatic carbocycles. The van der Waals surface area contributed by atoms with E-state index in [1.54, 1.807) is 0 Å². The third-order valence-electron chi connectivity index (χ3n) is 5.91. The molecule has 5 rings (SSSR count). The number of anilines is 4. The van der Waals surface area contributed by atoms with E-state index in [2.05, 4.69) is 39.7 Å². The van der Waals surface area contributed by atoms with Gasteiger partial charge in [0.25, 0.3) is 0 Å².